The van der Waals surface area contributed by atoms with Crippen LogP contribution in [0.25, 0.3) is 0 Å². The second-order valence-corrected chi connectivity index (χ2v) is 9.41. The van der Waals surface area contributed by atoms with Gasteiger partial charge in [-0.3, -0.25) is 0 Å². The van der Waals surface area contributed by atoms with Gasteiger partial charge < -0.3 is 4.90 Å². The standard InChI is InChI=1S/C15H30N2O2S2/c1-2-3-12-21(18,19)17-10-7-11-20-14-15(17)13-16-8-5-4-6-9-16/h15H,2-14H2,1H3. The number of unbranched alkanes of at least 4 members (excludes halogenated alkanes) is 1. The van der Waals surface area contributed by atoms with E-state index in [4.69, 9.17) is 0 Å². The van der Waals surface area contributed by atoms with E-state index in [0.29, 0.717) is 5.75 Å². The largest absolute Gasteiger partial charge is 0.302 e. The van der Waals surface area contributed by atoms with Crippen molar-refractivity contribution in [2.75, 3.05) is 43.4 Å². The second-order valence-electron chi connectivity index (χ2n) is 6.22. The summed E-state index contributed by atoms with van der Waals surface area (Å²) in [5.41, 5.74) is 0. The van der Waals surface area contributed by atoms with Crippen molar-refractivity contribution in [3.05, 3.63) is 0 Å². The van der Waals surface area contributed by atoms with Gasteiger partial charge in [0.05, 0.1) is 5.75 Å². The third-order valence-electron chi connectivity index (χ3n) is 4.42. The van der Waals surface area contributed by atoms with Gasteiger partial charge in [-0.1, -0.05) is 19.8 Å². The number of sulfonamides is 1. The smallest absolute Gasteiger partial charge is 0.214 e. The maximum Gasteiger partial charge on any atom is 0.214 e. The van der Waals surface area contributed by atoms with E-state index in [1.54, 1.807) is 0 Å². The summed E-state index contributed by atoms with van der Waals surface area (Å²) in [5, 5.41) is 0. The van der Waals surface area contributed by atoms with Gasteiger partial charge in [-0.25, -0.2) is 8.42 Å². The average molecular weight is 335 g/mol. The highest BCUT2D eigenvalue weighted by Crippen LogP contribution is 2.22. The summed E-state index contributed by atoms with van der Waals surface area (Å²) in [5.74, 6) is 2.38. The lowest BCUT2D eigenvalue weighted by atomic mass is 10.1. The number of hydrogen-bond acceptors (Lipinski definition) is 4. The Kier molecular flexibility index (Phi) is 7.32. The zero-order valence-electron chi connectivity index (χ0n) is 13.3. The molecule has 21 heavy (non-hydrogen) atoms. The molecule has 0 aliphatic carbocycles. The van der Waals surface area contributed by atoms with E-state index in [0.717, 1.165) is 56.9 Å². The van der Waals surface area contributed by atoms with Gasteiger partial charge in [-0.2, -0.15) is 16.1 Å². The summed E-state index contributed by atoms with van der Waals surface area (Å²) in [6.07, 6.45) is 6.58. The van der Waals surface area contributed by atoms with Crippen LogP contribution in [0.4, 0.5) is 0 Å². The molecule has 0 spiro atoms. The SMILES string of the molecule is CCCCS(=O)(=O)N1CCCSCC1CN1CCCCC1. The van der Waals surface area contributed by atoms with Gasteiger partial charge in [0, 0.05) is 24.9 Å². The van der Waals surface area contributed by atoms with Gasteiger partial charge in [0.2, 0.25) is 10.0 Å². The Bertz CT molecular complexity index is 394. The Hall–Kier alpha value is 0.220. The monoisotopic (exact) mass is 334 g/mol. The van der Waals surface area contributed by atoms with Crippen LogP contribution in [0, 0.1) is 0 Å². The summed E-state index contributed by atoms with van der Waals surface area (Å²) in [7, 11) is -3.08. The maximum absolute atomic E-state index is 12.6. The van der Waals surface area contributed by atoms with E-state index in [2.05, 4.69) is 11.8 Å². The van der Waals surface area contributed by atoms with Crippen molar-refractivity contribution >= 4 is 21.8 Å². The lowest BCUT2D eigenvalue weighted by Crippen LogP contribution is -2.49. The van der Waals surface area contributed by atoms with E-state index < -0.39 is 10.0 Å². The topological polar surface area (TPSA) is 40.6 Å². The van der Waals surface area contributed by atoms with Crippen LogP contribution < -0.4 is 0 Å². The molecule has 0 aromatic rings. The van der Waals surface area contributed by atoms with Crippen molar-refractivity contribution in [2.45, 2.75) is 51.5 Å². The predicted molar refractivity (Wildman–Crippen MR) is 91.4 cm³/mol. The van der Waals surface area contributed by atoms with Crippen LogP contribution in [0.5, 0.6) is 0 Å². The van der Waals surface area contributed by atoms with Gasteiger partial charge in [0.25, 0.3) is 0 Å². The Morgan fingerprint density at radius 2 is 1.86 bits per heavy atom. The summed E-state index contributed by atoms with van der Waals surface area (Å²) in [4.78, 5) is 2.47. The summed E-state index contributed by atoms with van der Waals surface area (Å²) in [6, 6.07) is 0.178. The molecule has 0 radical (unpaired) electrons. The number of piperidine rings is 1. The molecular formula is C15H30N2O2S2. The highest BCUT2D eigenvalue weighted by Gasteiger charge is 2.32. The Labute approximate surface area is 134 Å². The molecule has 0 saturated carbocycles. The van der Waals surface area contributed by atoms with Gasteiger partial charge in [-0.15, -0.1) is 0 Å². The van der Waals surface area contributed by atoms with Gasteiger partial charge >= 0.3 is 0 Å². The molecule has 0 N–H and O–H groups in total. The molecule has 0 aromatic heterocycles. The first kappa shape index (κ1) is 17.6. The van der Waals surface area contributed by atoms with E-state index >= 15 is 0 Å². The third-order valence-corrected chi connectivity index (χ3v) is 7.61. The van der Waals surface area contributed by atoms with E-state index in [1.165, 1.54) is 19.3 Å². The molecule has 124 valence electrons. The van der Waals surface area contributed by atoms with Gasteiger partial charge in [-0.05, 0) is 44.5 Å². The lowest BCUT2D eigenvalue weighted by molar-refractivity contribution is 0.183. The molecule has 0 aromatic carbocycles. The first-order valence-electron chi connectivity index (χ1n) is 8.43. The average Bonchev–Trinajstić information content (AvgIpc) is 2.72. The van der Waals surface area contributed by atoms with Crippen LogP contribution in [0.15, 0.2) is 0 Å². The fourth-order valence-electron chi connectivity index (χ4n) is 3.20. The molecule has 1 atom stereocenters. The first-order valence-corrected chi connectivity index (χ1v) is 11.2. The summed E-state index contributed by atoms with van der Waals surface area (Å²) in [6.45, 7) is 5.99. The van der Waals surface area contributed by atoms with Crippen LogP contribution >= 0.6 is 11.8 Å². The van der Waals surface area contributed by atoms with Crippen molar-refractivity contribution < 1.29 is 8.42 Å². The van der Waals surface area contributed by atoms with E-state index in [-0.39, 0.29) is 6.04 Å². The normalized spacial score (nSPS) is 26.6. The minimum absolute atomic E-state index is 0.178. The van der Waals surface area contributed by atoms with E-state index in [1.807, 2.05) is 16.1 Å². The molecule has 2 aliphatic heterocycles. The number of hydrogen-bond donors (Lipinski definition) is 0. The molecule has 6 heteroatoms. The van der Waals surface area contributed by atoms with Crippen molar-refractivity contribution in [3.63, 3.8) is 0 Å². The molecule has 2 rings (SSSR count). The van der Waals surface area contributed by atoms with Crippen LogP contribution in [-0.2, 0) is 10.0 Å². The predicted octanol–water partition coefficient (Wildman–Crippen LogP) is 2.41. The molecule has 2 saturated heterocycles. The van der Waals surface area contributed by atoms with Crippen LogP contribution in [0.3, 0.4) is 0 Å². The van der Waals surface area contributed by atoms with Crippen molar-refractivity contribution in [1.82, 2.24) is 9.21 Å². The number of likely N-dealkylation sites (tertiary alicyclic amines) is 1. The lowest BCUT2D eigenvalue weighted by Gasteiger charge is -2.35. The Balaban J connectivity index is 2.02. The van der Waals surface area contributed by atoms with Crippen LogP contribution in [0.2, 0.25) is 0 Å². The Morgan fingerprint density at radius 1 is 1.10 bits per heavy atom. The second kappa shape index (κ2) is 8.75. The molecule has 4 nitrogen and oxygen atoms in total. The molecular weight excluding hydrogens is 304 g/mol. The Morgan fingerprint density at radius 3 is 2.57 bits per heavy atom. The summed E-state index contributed by atoms with van der Waals surface area (Å²) >= 11 is 1.92. The summed E-state index contributed by atoms with van der Waals surface area (Å²) < 4.78 is 27.1. The fourth-order valence-corrected chi connectivity index (χ4v) is 6.24. The van der Waals surface area contributed by atoms with E-state index in [9.17, 15) is 8.42 Å². The molecule has 2 heterocycles. The van der Waals surface area contributed by atoms with Gasteiger partial charge in [0.15, 0.2) is 0 Å². The number of thioether (sulfide) groups is 1. The molecule has 2 aliphatic rings. The highest BCUT2D eigenvalue weighted by molar-refractivity contribution is 7.99. The molecule has 0 bridgehead atoms. The fraction of sp³-hybridized carbons (Fsp3) is 1.00. The third kappa shape index (κ3) is 5.41. The van der Waals surface area contributed by atoms with Crippen LogP contribution in [0.1, 0.15) is 45.4 Å². The maximum atomic E-state index is 12.6. The molecule has 0 amide bonds. The first-order chi connectivity index (χ1) is 10.1. The molecule has 2 fully saturated rings. The van der Waals surface area contributed by atoms with Crippen molar-refractivity contribution in [3.8, 4) is 0 Å². The zero-order valence-corrected chi connectivity index (χ0v) is 14.9. The van der Waals surface area contributed by atoms with Gasteiger partial charge in [0.1, 0.15) is 0 Å². The quantitative estimate of drug-likeness (QED) is 0.748. The van der Waals surface area contributed by atoms with Crippen LogP contribution in [-0.4, -0.2) is 67.1 Å². The zero-order chi connectivity index (χ0) is 15.1. The highest BCUT2D eigenvalue weighted by atomic mass is 32.2. The van der Waals surface area contributed by atoms with Crippen molar-refractivity contribution in [2.24, 2.45) is 0 Å². The molecule has 1 unspecified atom stereocenters. The van der Waals surface area contributed by atoms with Crippen molar-refractivity contribution in [1.29, 1.82) is 0 Å². The minimum atomic E-state index is -3.08. The minimum Gasteiger partial charge on any atom is -0.302 e. The number of nitrogens with zero attached hydrogens (tertiary/aromatic N) is 2. The number of rotatable bonds is 6.